The average Bonchev–Trinajstić information content (AvgIpc) is 2.52. The minimum atomic E-state index is -1.80. The molecule has 0 amide bonds. The molecule has 0 unspecified atom stereocenters. The van der Waals surface area contributed by atoms with Crippen LogP contribution in [0.15, 0.2) is 0 Å². The van der Waals surface area contributed by atoms with Crippen molar-refractivity contribution in [2.24, 2.45) is 11.3 Å². The van der Waals surface area contributed by atoms with Gasteiger partial charge in [0, 0.05) is 0 Å². The van der Waals surface area contributed by atoms with Gasteiger partial charge in [0.25, 0.3) is 0 Å². The second kappa shape index (κ2) is 7.73. The summed E-state index contributed by atoms with van der Waals surface area (Å²) in [5.41, 5.74) is -4.06. The Morgan fingerprint density at radius 3 is 2.15 bits per heavy atom. The normalized spacial score (nSPS) is 29.0. The highest BCUT2D eigenvalue weighted by molar-refractivity contribution is 6.06. The highest BCUT2D eigenvalue weighted by Crippen LogP contribution is 2.45. The fourth-order valence-corrected chi connectivity index (χ4v) is 3.19. The largest absolute Gasteiger partial charge is 0.469 e. The molecule has 1 saturated carbocycles. The molecule has 8 nitrogen and oxygen atoms in total. The van der Waals surface area contributed by atoms with E-state index in [0.717, 1.165) is 14.2 Å². The summed E-state index contributed by atoms with van der Waals surface area (Å²) in [5.74, 6) is -4.08. The number of carbonyl (C=O) groups excluding carboxylic acids is 4. The molecule has 148 valence electrons. The summed E-state index contributed by atoms with van der Waals surface area (Å²) in [6.07, 6.45) is -0.948. The number of Topliss-reactive ketones (excluding diaryl/α,β-unsaturated/α-hetero) is 1. The molecule has 0 radical (unpaired) electrons. The summed E-state index contributed by atoms with van der Waals surface area (Å²) in [6.45, 7) is 6.46. The molecule has 0 aromatic rings. The molecule has 0 aromatic heterocycles. The van der Waals surface area contributed by atoms with Crippen LogP contribution in [0, 0.1) is 11.3 Å². The van der Waals surface area contributed by atoms with E-state index in [4.69, 9.17) is 9.47 Å². The molecule has 1 N–H and O–H groups in total. The molecule has 1 rings (SSSR count). The summed E-state index contributed by atoms with van der Waals surface area (Å²) in [6, 6.07) is 0. The molecule has 0 aliphatic heterocycles. The Balaban J connectivity index is 3.17. The van der Waals surface area contributed by atoms with Crippen LogP contribution in [0.25, 0.3) is 0 Å². The van der Waals surface area contributed by atoms with Crippen molar-refractivity contribution in [2.75, 3.05) is 14.2 Å². The van der Waals surface area contributed by atoms with Gasteiger partial charge in [0.15, 0.2) is 5.78 Å². The highest BCUT2D eigenvalue weighted by atomic mass is 16.6. The maximum Gasteiger partial charge on any atom is 0.319 e. The van der Waals surface area contributed by atoms with E-state index < -0.39 is 59.1 Å². The number of methoxy groups -OCH3 is 2. The Bertz CT molecular complexity index is 590. The Hall–Kier alpha value is -1.96. The van der Waals surface area contributed by atoms with Gasteiger partial charge in [0.2, 0.25) is 0 Å². The van der Waals surface area contributed by atoms with Crippen molar-refractivity contribution in [2.45, 2.75) is 64.6 Å². The number of rotatable bonds is 5. The summed E-state index contributed by atoms with van der Waals surface area (Å²) >= 11 is 0. The second-order valence-electron chi connectivity index (χ2n) is 7.89. The lowest BCUT2D eigenvalue weighted by molar-refractivity contribution is -0.179. The maximum atomic E-state index is 13.0. The van der Waals surface area contributed by atoms with Crippen molar-refractivity contribution >= 4 is 23.7 Å². The Kier molecular flexibility index (Phi) is 6.57. The van der Waals surface area contributed by atoms with Crippen molar-refractivity contribution in [1.82, 2.24) is 0 Å². The molecular weight excluding hydrogens is 344 g/mol. The lowest BCUT2D eigenvalue weighted by atomic mass is 9.61. The number of ether oxygens (including phenoxy) is 3. The first kappa shape index (κ1) is 22.1. The van der Waals surface area contributed by atoms with Crippen LogP contribution in [0.4, 0.5) is 0 Å². The van der Waals surface area contributed by atoms with E-state index in [1.54, 1.807) is 20.8 Å². The molecule has 0 saturated heterocycles. The predicted octanol–water partition coefficient (Wildman–Crippen LogP) is 1.17. The van der Waals surface area contributed by atoms with Crippen LogP contribution in [0.2, 0.25) is 0 Å². The fraction of sp³-hybridized carbons (Fsp3) is 0.778. The molecular formula is C18H28O8. The van der Waals surface area contributed by atoms with Crippen LogP contribution in [-0.4, -0.2) is 54.2 Å². The number of hydrogen-bond acceptors (Lipinski definition) is 8. The van der Waals surface area contributed by atoms with Crippen molar-refractivity contribution < 1.29 is 38.5 Å². The van der Waals surface area contributed by atoms with Crippen molar-refractivity contribution in [3.63, 3.8) is 0 Å². The Morgan fingerprint density at radius 1 is 1.12 bits per heavy atom. The molecule has 0 aromatic carbocycles. The van der Waals surface area contributed by atoms with Gasteiger partial charge in [-0.3, -0.25) is 19.2 Å². The zero-order valence-corrected chi connectivity index (χ0v) is 16.2. The summed E-state index contributed by atoms with van der Waals surface area (Å²) < 4.78 is 14.5. The number of aliphatic hydroxyl groups is 1. The van der Waals surface area contributed by atoms with Gasteiger partial charge in [0.05, 0.1) is 38.6 Å². The first-order chi connectivity index (χ1) is 11.8. The summed E-state index contributed by atoms with van der Waals surface area (Å²) in [5, 5.41) is 11.0. The zero-order chi connectivity index (χ0) is 20.3. The monoisotopic (exact) mass is 372 g/mol. The molecule has 8 heteroatoms. The van der Waals surface area contributed by atoms with Crippen LogP contribution in [0.1, 0.15) is 53.4 Å². The van der Waals surface area contributed by atoms with E-state index >= 15 is 0 Å². The number of esters is 3. The third-order valence-electron chi connectivity index (χ3n) is 4.67. The smallest absolute Gasteiger partial charge is 0.319 e. The summed E-state index contributed by atoms with van der Waals surface area (Å²) in [7, 11) is 2.32. The lowest BCUT2D eigenvalue weighted by Gasteiger charge is -2.44. The third kappa shape index (κ3) is 4.81. The van der Waals surface area contributed by atoms with Gasteiger partial charge in [0.1, 0.15) is 11.0 Å². The van der Waals surface area contributed by atoms with E-state index in [1.807, 2.05) is 0 Å². The quantitative estimate of drug-likeness (QED) is 0.434. The van der Waals surface area contributed by atoms with E-state index in [1.165, 1.54) is 6.92 Å². The van der Waals surface area contributed by atoms with Crippen LogP contribution in [0.5, 0.6) is 0 Å². The topological polar surface area (TPSA) is 116 Å². The minimum absolute atomic E-state index is 0.00449. The van der Waals surface area contributed by atoms with Gasteiger partial charge in [-0.15, -0.1) is 0 Å². The molecule has 1 aliphatic rings. The lowest BCUT2D eigenvalue weighted by Crippen LogP contribution is -2.57. The van der Waals surface area contributed by atoms with E-state index in [0.29, 0.717) is 0 Å². The van der Waals surface area contributed by atoms with E-state index in [-0.39, 0.29) is 12.8 Å². The predicted molar refractivity (Wildman–Crippen MR) is 89.9 cm³/mol. The van der Waals surface area contributed by atoms with Crippen molar-refractivity contribution in [3.05, 3.63) is 0 Å². The van der Waals surface area contributed by atoms with E-state index in [9.17, 15) is 24.3 Å². The highest BCUT2D eigenvalue weighted by Gasteiger charge is 2.58. The first-order valence-corrected chi connectivity index (χ1v) is 8.43. The van der Waals surface area contributed by atoms with Gasteiger partial charge >= 0.3 is 17.9 Å². The number of carbonyl (C=O) groups is 4. The molecule has 0 heterocycles. The number of hydrogen-bond donors (Lipinski definition) is 1. The Morgan fingerprint density at radius 2 is 1.69 bits per heavy atom. The average molecular weight is 372 g/mol. The first-order valence-electron chi connectivity index (χ1n) is 8.43. The molecule has 26 heavy (non-hydrogen) atoms. The molecule has 3 atom stereocenters. The van der Waals surface area contributed by atoms with Gasteiger partial charge < -0.3 is 19.3 Å². The van der Waals surface area contributed by atoms with Crippen LogP contribution < -0.4 is 0 Å². The van der Waals surface area contributed by atoms with Gasteiger partial charge in [-0.2, -0.15) is 0 Å². The van der Waals surface area contributed by atoms with E-state index in [2.05, 4.69) is 4.74 Å². The zero-order valence-electron chi connectivity index (χ0n) is 16.2. The summed E-state index contributed by atoms with van der Waals surface area (Å²) in [4.78, 5) is 49.0. The van der Waals surface area contributed by atoms with Crippen LogP contribution >= 0.6 is 0 Å². The van der Waals surface area contributed by atoms with Gasteiger partial charge in [-0.1, -0.05) is 0 Å². The molecule has 0 spiro atoms. The van der Waals surface area contributed by atoms with Crippen molar-refractivity contribution in [1.29, 1.82) is 0 Å². The minimum Gasteiger partial charge on any atom is -0.469 e. The molecule has 1 aliphatic carbocycles. The van der Waals surface area contributed by atoms with Gasteiger partial charge in [-0.05, 0) is 40.5 Å². The standard InChI is InChI=1S/C18H28O8/c1-16(2,3)26-13(20)10-18(23)8-7-17(4,15(22)25-6)14(21)11(18)9-12(19)24-5/h11,23H,7-10H2,1-6H3/t11-,17+,18-/m1/s1. The van der Waals surface area contributed by atoms with Crippen molar-refractivity contribution in [3.8, 4) is 0 Å². The van der Waals surface area contributed by atoms with Gasteiger partial charge in [-0.25, -0.2) is 0 Å². The fourth-order valence-electron chi connectivity index (χ4n) is 3.19. The van der Waals surface area contributed by atoms with Crippen LogP contribution in [0.3, 0.4) is 0 Å². The molecule has 1 fully saturated rings. The SMILES string of the molecule is COC(=O)C[C@@H]1C(=O)[C@@](C)(C(=O)OC)CC[C@@]1(O)CC(=O)OC(C)(C)C. The maximum absolute atomic E-state index is 13.0. The second-order valence-corrected chi connectivity index (χ2v) is 7.89. The molecule has 0 bridgehead atoms. The third-order valence-corrected chi connectivity index (χ3v) is 4.67. The Labute approximate surface area is 153 Å². The van der Waals surface area contributed by atoms with Crippen LogP contribution in [-0.2, 0) is 33.4 Å². The number of ketones is 1.